The van der Waals surface area contributed by atoms with E-state index in [-0.39, 0.29) is 45.4 Å². The molecule has 0 heterocycles. The molecule has 2 aromatic carbocycles. The van der Waals surface area contributed by atoms with Crippen molar-refractivity contribution in [2.24, 2.45) is 0 Å². The first kappa shape index (κ1) is 29.6. The SMILES string of the molecule is C=C(C)C(=O)OCCOCOc1ccc(C(C)(C)c2ccc(OCOCCOC(=O)C(=C)C)cc2)cc1. The molecule has 0 saturated heterocycles. The molecule has 0 aromatic heterocycles. The topological polar surface area (TPSA) is 89.5 Å². The minimum absolute atomic E-state index is 0.0538. The van der Waals surface area contributed by atoms with Crippen molar-refractivity contribution in [3.05, 3.63) is 84.0 Å². The number of ether oxygens (including phenoxy) is 6. The maximum absolute atomic E-state index is 11.3. The molecule has 2 aromatic rings. The monoisotopic (exact) mass is 512 g/mol. The first-order chi connectivity index (χ1) is 17.6. The minimum atomic E-state index is -0.436. The summed E-state index contributed by atoms with van der Waals surface area (Å²) in [6.07, 6.45) is 0. The Morgan fingerprint density at radius 1 is 0.649 bits per heavy atom. The number of rotatable bonds is 16. The molecule has 0 aliphatic carbocycles. The zero-order valence-corrected chi connectivity index (χ0v) is 22.0. The van der Waals surface area contributed by atoms with Gasteiger partial charge >= 0.3 is 11.9 Å². The largest absolute Gasteiger partial charge is 0.468 e. The van der Waals surface area contributed by atoms with Crippen LogP contribution in [0.2, 0.25) is 0 Å². The number of hydrogen-bond donors (Lipinski definition) is 0. The molecule has 8 nitrogen and oxygen atoms in total. The van der Waals surface area contributed by atoms with E-state index >= 15 is 0 Å². The van der Waals surface area contributed by atoms with Crippen LogP contribution in [-0.2, 0) is 34.0 Å². The van der Waals surface area contributed by atoms with Crippen LogP contribution in [0.4, 0.5) is 0 Å². The summed E-state index contributed by atoms with van der Waals surface area (Å²) in [5.41, 5.74) is 2.70. The molecule has 0 aliphatic rings. The van der Waals surface area contributed by atoms with Crippen molar-refractivity contribution in [2.75, 3.05) is 40.0 Å². The summed E-state index contributed by atoms with van der Waals surface area (Å²) in [5, 5.41) is 0. The van der Waals surface area contributed by atoms with E-state index in [0.29, 0.717) is 22.6 Å². The lowest BCUT2D eigenvalue weighted by atomic mass is 9.78. The van der Waals surface area contributed by atoms with Crippen LogP contribution in [-0.4, -0.2) is 52.0 Å². The van der Waals surface area contributed by atoms with Crippen molar-refractivity contribution >= 4 is 11.9 Å². The maximum Gasteiger partial charge on any atom is 0.333 e. The van der Waals surface area contributed by atoms with Crippen LogP contribution in [0.5, 0.6) is 11.5 Å². The molecule has 0 N–H and O–H groups in total. The van der Waals surface area contributed by atoms with E-state index < -0.39 is 11.9 Å². The fourth-order valence-electron chi connectivity index (χ4n) is 3.07. The number of esters is 2. The van der Waals surface area contributed by atoms with E-state index in [9.17, 15) is 9.59 Å². The molecule has 0 unspecified atom stereocenters. The van der Waals surface area contributed by atoms with E-state index in [0.717, 1.165) is 11.1 Å². The van der Waals surface area contributed by atoms with Gasteiger partial charge in [0.1, 0.15) is 24.7 Å². The zero-order chi connectivity index (χ0) is 27.3. The van der Waals surface area contributed by atoms with E-state index in [2.05, 4.69) is 27.0 Å². The molecule has 0 radical (unpaired) electrons. The molecule has 0 bridgehead atoms. The molecule has 0 fully saturated rings. The standard InChI is InChI=1S/C29H36O8/c1-21(2)27(30)34-17-15-32-19-36-25-11-7-23(8-12-25)29(5,6)24-9-13-26(14-10-24)37-20-33-16-18-35-28(31)22(3)4/h7-14H,1,3,15-20H2,2,4-6H3. The van der Waals surface area contributed by atoms with Crippen molar-refractivity contribution < 1.29 is 38.0 Å². The third-order valence-electron chi connectivity index (χ3n) is 5.39. The maximum atomic E-state index is 11.3. The molecule has 0 saturated carbocycles. The molecule has 0 spiro atoms. The first-order valence-electron chi connectivity index (χ1n) is 11.9. The average Bonchev–Trinajstić information content (AvgIpc) is 2.88. The van der Waals surface area contributed by atoms with Crippen molar-refractivity contribution in [3.8, 4) is 11.5 Å². The quantitative estimate of drug-likeness (QED) is 0.135. The van der Waals surface area contributed by atoms with Crippen molar-refractivity contribution in [1.29, 1.82) is 0 Å². The molecule has 2 rings (SSSR count). The van der Waals surface area contributed by atoms with Crippen molar-refractivity contribution in [1.82, 2.24) is 0 Å². The Bertz CT molecular complexity index is 955. The third kappa shape index (κ3) is 10.1. The van der Waals surface area contributed by atoms with Crippen LogP contribution in [0.1, 0.15) is 38.8 Å². The summed E-state index contributed by atoms with van der Waals surface area (Å²) in [6, 6.07) is 15.6. The Labute approximate surface area is 218 Å². The van der Waals surface area contributed by atoms with Gasteiger partial charge in [0.2, 0.25) is 0 Å². The predicted molar refractivity (Wildman–Crippen MR) is 139 cm³/mol. The van der Waals surface area contributed by atoms with Gasteiger partial charge in [-0.2, -0.15) is 0 Å². The highest BCUT2D eigenvalue weighted by Gasteiger charge is 2.23. The molecule has 0 atom stereocenters. The number of carbonyl (C=O) groups excluding carboxylic acids is 2. The van der Waals surface area contributed by atoms with Gasteiger partial charge in [-0.15, -0.1) is 0 Å². The number of carbonyl (C=O) groups is 2. The molecule has 8 heteroatoms. The molecule has 200 valence electrons. The summed E-state index contributed by atoms with van der Waals surface area (Å²) in [4.78, 5) is 22.6. The Morgan fingerprint density at radius 3 is 1.32 bits per heavy atom. The Balaban J connectivity index is 1.75. The van der Waals surface area contributed by atoms with Gasteiger partial charge in [0.25, 0.3) is 0 Å². The molecular weight excluding hydrogens is 476 g/mol. The van der Waals surface area contributed by atoms with Gasteiger partial charge in [-0.25, -0.2) is 9.59 Å². The highest BCUT2D eigenvalue weighted by Crippen LogP contribution is 2.33. The van der Waals surface area contributed by atoms with Gasteiger partial charge in [-0.05, 0) is 49.2 Å². The lowest BCUT2D eigenvalue weighted by molar-refractivity contribution is -0.142. The van der Waals surface area contributed by atoms with Crippen molar-refractivity contribution in [3.63, 3.8) is 0 Å². The second-order valence-electron chi connectivity index (χ2n) is 8.85. The first-order valence-corrected chi connectivity index (χ1v) is 11.9. The molecule has 0 amide bonds. The van der Waals surface area contributed by atoms with Crippen molar-refractivity contribution in [2.45, 2.75) is 33.1 Å². The van der Waals surface area contributed by atoms with Crippen LogP contribution in [0.3, 0.4) is 0 Å². The summed E-state index contributed by atoms with van der Waals surface area (Å²) in [6.45, 7) is 15.4. The fourth-order valence-corrected chi connectivity index (χ4v) is 3.07. The normalized spacial score (nSPS) is 10.9. The van der Waals surface area contributed by atoms with Crippen LogP contribution in [0.15, 0.2) is 72.8 Å². The number of hydrogen-bond acceptors (Lipinski definition) is 8. The summed E-state index contributed by atoms with van der Waals surface area (Å²) in [5.74, 6) is 0.484. The minimum Gasteiger partial charge on any atom is -0.468 e. The average molecular weight is 513 g/mol. The Hall–Kier alpha value is -3.62. The highest BCUT2D eigenvalue weighted by atomic mass is 16.7. The van der Waals surface area contributed by atoms with E-state index in [4.69, 9.17) is 28.4 Å². The van der Waals surface area contributed by atoms with Gasteiger partial charge in [-0.3, -0.25) is 0 Å². The molecule has 37 heavy (non-hydrogen) atoms. The lowest BCUT2D eigenvalue weighted by Crippen LogP contribution is -2.19. The van der Waals surface area contributed by atoms with Gasteiger partial charge < -0.3 is 28.4 Å². The Kier molecular flexibility index (Phi) is 11.9. The van der Waals surface area contributed by atoms with E-state index in [1.54, 1.807) is 13.8 Å². The second kappa shape index (κ2) is 14.8. The summed E-state index contributed by atoms with van der Waals surface area (Å²) < 4.78 is 31.8. The smallest absolute Gasteiger partial charge is 0.333 e. The van der Waals surface area contributed by atoms with Crippen LogP contribution >= 0.6 is 0 Å². The van der Waals surface area contributed by atoms with Gasteiger partial charge in [0.15, 0.2) is 13.6 Å². The van der Waals surface area contributed by atoms with Gasteiger partial charge in [0, 0.05) is 16.6 Å². The van der Waals surface area contributed by atoms with Gasteiger partial charge in [0.05, 0.1) is 13.2 Å². The zero-order valence-electron chi connectivity index (χ0n) is 22.0. The summed E-state index contributed by atoms with van der Waals surface area (Å²) in [7, 11) is 0. The third-order valence-corrected chi connectivity index (χ3v) is 5.39. The second-order valence-corrected chi connectivity index (χ2v) is 8.85. The lowest BCUT2D eigenvalue weighted by Gasteiger charge is -2.26. The van der Waals surface area contributed by atoms with Gasteiger partial charge in [-0.1, -0.05) is 51.3 Å². The predicted octanol–water partition coefficient (Wildman–Crippen LogP) is 4.96. The molecule has 0 aliphatic heterocycles. The highest BCUT2D eigenvalue weighted by molar-refractivity contribution is 5.87. The van der Waals surface area contributed by atoms with E-state index in [1.807, 2.05) is 48.5 Å². The Morgan fingerprint density at radius 2 is 1.00 bits per heavy atom. The fraction of sp³-hybridized carbons (Fsp3) is 0.379. The summed E-state index contributed by atoms with van der Waals surface area (Å²) >= 11 is 0. The van der Waals surface area contributed by atoms with Crippen LogP contribution < -0.4 is 9.47 Å². The van der Waals surface area contributed by atoms with Crippen LogP contribution in [0.25, 0.3) is 0 Å². The number of benzene rings is 2. The molecular formula is C29H36O8. The van der Waals surface area contributed by atoms with Crippen LogP contribution in [0, 0.1) is 0 Å². The van der Waals surface area contributed by atoms with E-state index in [1.165, 1.54) is 0 Å².